The van der Waals surface area contributed by atoms with Gasteiger partial charge in [0, 0.05) is 40.9 Å². The first kappa shape index (κ1) is 14.6. The quantitative estimate of drug-likeness (QED) is 0.895. The highest BCUT2D eigenvalue weighted by molar-refractivity contribution is 9.10. The molecule has 1 atom stereocenters. The molecule has 0 radical (unpaired) electrons. The molecule has 1 heterocycles. The first-order valence-corrected chi connectivity index (χ1v) is 7.45. The van der Waals surface area contributed by atoms with Gasteiger partial charge in [-0.15, -0.1) is 0 Å². The van der Waals surface area contributed by atoms with Crippen LogP contribution in [-0.2, 0) is 13.0 Å². The van der Waals surface area contributed by atoms with Crippen LogP contribution in [0, 0.1) is 0 Å². The lowest BCUT2D eigenvalue weighted by Gasteiger charge is -2.18. The lowest BCUT2D eigenvalue weighted by molar-refractivity contribution is 0.553. The van der Waals surface area contributed by atoms with E-state index in [1.54, 1.807) is 0 Å². The van der Waals surface area contributed by atoms with Crippen LogP contribution in [0.3, 0.4) is 0 Å². The van der Waals surface area contributed by atoms with Crippen LogP contribution < -0.4 is 5.32 Å². The van der Waals surface area contributed by atoms with Crippen LogP contribution in [-0.4, -0.2) is 16.6 Å². The van der Waals surface area contributed by atoms with Crippen LogP contribution in [0.25, 0.3) is 0 Å². The maximum absolute atomic E-state index is 6.30. The predicted octanol–water partition coefficient (Wildman–Crippen LogP) is 3.82. The molecule has 0 spiro atoms. The van der Waals surface area contributed by atoms with Crippen LogP contribution in [0.15, 0.2) is 35.1 Å². The fourth-order valence-corrected chi connectivity index (χ4v) is 2.78. The molecule has 3 nitrogen and oxygen atoms in total. The van der Waals surface area contributed by atoms with Crippen LogP contribution in [0.5, 0.6) is 0 Å². The SMILES string of the molecule is CCn1ccnc1CC(NC)c1cc(Br)ccc1Cl. The number of benzene rings is 1. The molecule has 0 fully saturated rings. The summed E-state index contributed by atoms with van der Waals surface area (Å²) in [5.41, 5.74) is 1.09. The Balaban J connectivity index is 2.27. The fourth-order valence-electron chi connectivity index (χ4n) is 2.15. The number of aryl methyl sites for hydroxylation is 1. The molecule has 0 saturated heterocycles. The van der Waals surface area contributed by atoms with E-state index in [0.29, 0.717) is 0 Å². The van der Waals surface area contributed by atoms with Gasteiger partial charge in [-0.05, 0) is 37.7 Å². The fraction of sp³-hybridized carbons (Fsp3) is 0.357. The van der Waals surface area contributed by atoms with E-state index >= 15 is 0 Å². The van der Waals surface area contributed by atoms with Crippen LogP contribution in [0.2, 0.25) is 5.02 Å². The van der Waals surface area contributed by atoms with Gasteiger partial charge in [0.05, 0.1) is 0 Å². The number of aromatic nitrogens is 2. The molecule has 2 aromatic rings. The standard InChI is InChI=1S/C14H17BrClN3/c1-3-19-7-6-18-14(19)9-13(17-2)11-8-10(15)4-5-12(11)16/h4-8,13,17H,3,9H2,1-2H3. The number of nitrogens with one attached hydrogen (secondary N) is 1. The Morgan fingerprint density at radius 2 is 2.26 bits per heavy atom. The Labute approximate surface area is 127 Å². The number of halogens is 2. The molecule has 2 rings (SSSR count). The Bertz CT molecular complexity index is 553. The summed E-state index contributed by atoms with van der Waals surface area (Å²) in [4.78, 5) is 4.42. The minimum Gasteiger partial charge on any atom is -0.335 e. The van der Waals surface area contributed by atoms with Crippen molar-refractivity contribution in [2.45, 2.75) is 25.9 Å². The van der Waals surface area contributed by atoms with Gasteiger partial charge >= 0.3 is 0 Å². The summed E-state index contributed by atoms with van der Waals surface area (Å²) in [6, 6.07) is 6.07. The normalized spacial score (nSPS) is 12.6. The van der Waals surface area contributed by atoms with Crippen molar-refractivity contribution in [3.8, 4) is 0 Å². The number of rotatable bonds is 5. The van der Waals surface area contributed by atoms with E-state index in [4.69, 9.17) is 11.6 Å². The molecule has 0 bridgehead atoms. The van der Waals surface area contributed by atoms with Crippen LogP contribution >= 0.6 is 27.5 Å². The summed E-state index contributed by atoms with van der Waals surface area (Å²) in [6.07, 6.45) is 4.66. The van der Waals surface area contributed by atoms with Crippen molar-refractivity contribution in [1.29, 1.82) is 0 Å². The largest absolute Gasteiger partial charge is 0.335 e. The summed E-state index contributed by atoms with van der Waals surface area (Å²) in [6.45, 7) is 3.05. The van der Waals surface area contributed by atoms with Crippen molar-refractivity contribution in [3.05, 3.63) is 51.5 Å². The van der Waals surface area contributed by atoms with Crippen LogP contribution in [0.1, 0.15) is 24.4 Å². The second kappa shape index (κ2) is 6.55. The van der Waals surface area contributed by atoms with Gasteiger partial charge in [0.25, 0.3) is 0 Å². The summed E-state index contributed by atoms with van der Waals surface area (Å²) in [5.74, 6) is 1.07. The molecule has 102 valence electrons. The third-order valence-electron chi connectivity index (χ3n) is 3.21. The monoisotopic (exact) mass is 341 g/mol. The topological polar surface area (TPSA) is 29.9 Å². The molecule has 0 aliphatic carbocycles. The highest BCUT2D eigenvalue weighted by atomic mass is 79.9. The van der Waals surface area contributed by atoms with Crippen molar-refractivity contribution < 1.29 is 0 Å². The molecule has 1 aromatic carbocycles. The zero-order chi connectivity index (χ0) is 13.8. The maximum atomic E-state index is 6.30. The molecule has 1 aromatic heterocycles. The third-order valence-corrected chi connectivity index (χ3v) is 4.05. The second-order valence-corrected chi connectivity index (χ2v) is 5.66. The lowest BCUT2D eigenvalue weighted by atomic mass is 10.0. The second-order valence-electron chi connectivity index (χ2n) is 4.34. The van der Waals surface area contributed by atoms with Gasteiger partial charge in [0.1, 0.15) is 5.82 Å². The third kappa shape index (κ3) is 3.38. The molecular weight excluding hydrogens is 326 g/mol. The lowest BCUT2D eigenvalue weighted by Crippen LogP contribution is -2.21. The molecule has 1 N–H and O–H groups in total. The first-order valence-electron chi connectivity index (χ1n) is 6.28. The molecule has 0 saturated carbocycles. The molecule has 19 heavy (non-hydrogen) atoms. The number of imidazole rings is 1. The van der Waals surface area contributed by atoms with E-state index in [1.165, 1.54) is 0 Å². The molecule has 1 unspecified atom stereocenters. The molecule has 0 aliphatic heterocycles. The van der Waals surface area contributed by atoms with Crippen molar-refractivity contribution in [3.63, 3.8) is 0 Å². The van der Waals surface area contributed by atoms with E-state index in [-0.39, 0.29) is 6.04 Å². The van der Waals surface area contributed by atoms with Gasteiger partial charge in [0.15, 0.2) is 0 Å². The van der Waals surface area contributed by atoms with Crippen molar-refractivity contribution >= 4 is 27.5 Å². The van der Waals surface area contributed by atoms with Gasteiger partial charge in [0.2, 0.25) is 0 Å². The Kier molecular flexibility index (Phi) is 5.02. The van der Waals surface area contributed by atoms with E-state index in [9.17, 15) is 0 Å². The van der Waals surface area contributed by atoms with Crippen molar-refractivity contribution in [2.75, 3.05) is 7.05 Å². The number of likely N-dealkylation sites (N-methyl/N-ethyl adjacent to an activating group) is 1. The zero-order valence-electron chi connectivity index (χ0n) is 11.0. The Morgan fingerprint density at radius 3 is 2.95 bits per heavy atom. The highest BCUT2D eigenvalue weighted by Crippen LogP contribution is 2.28. The first-order chi connectivity index (χ1) is 9.15. The zero-order valence-corrected chi connectivity index (χ0v) is 13.4. The van der Waals surface area contributed by atoms with E-state index in [1.807, 2.05) is 31.6 Å². The van der Waals surface area contributed by atoms with Crippen LogP contribution in [0.4, 0.5) is 0 Å². The van der Waals surface area contributed by atoms with Gasteiger partial charge < -0.3 is 9.88 Å². The Hall–Kier alpha value is -0.840. The molecular formula is C14H17BrClN3. The smallest absolute Gasteiger partial charge is 0.110 e. The number of hydrogen-bond donors (Lipinski definition) is 1. The van der Waals surface area contributed by atoms with Gasteiger partial charge in [-0.3, -0.25) is 0 Å². The van der Waals surface area contributed by atoms with E-state index in [2.05, 4.69) is 43.8 Å². The summed E-state index contributed by atoms with van der Waals surface area (Å²) in [5, 5.41) is 4.09. The Morgan fingerprint density at radius 1 is 1.47 bits per heavy atom. The minimum atomic E-state index is 0.151. The summed E-state index contributed by atoms with van der Waals surface area (Å²) >= 11 is 9.79. The maximum Gasteiger partial charge on any atom is 0.110 e. The highest BCUT2D eigenvalue weighted by Gasteiger charge is 2.16. The average molecular weight is 343 g/mol. The van der Waals surface area contributed by atoms with Crippen molar-refractivity contribution in [1.82, 2.24) is 14.9 Å². The molecule has 0 amide bonds. The van der Waals surface area contributed by atoms with Gasteiger partial charge in [-0.25, -0.2) is 4.98 Å². The minimum absolute atomic E-state index is 0.151. The number of hydrogen-bond acceptors (Lipinski definition) is 2. The van der Waals surface area contributed by atoms with Gasteiger partial charge in [-0.2, -0.15) is 0 Å². The van der Waals surface area contributed by atoms with Gasteiger partial charge in [-0.1, -0.05) is 27.5 Å². The van der Waals surface area contributed by atoms with E-state index in [0.717, 1.165) is 33.8 Å². The van der Waals surface area contributed by atoms with E-state index < -0.39 is 0 Å². The number of nitrogens with zero attached hydrogens (tertiary/aromatic N) is 2. The average Bonchev–Trinajstić information content (AvgIpc) is 2.86. The summed E-state index contributed by atoms with van der Waals surface area (Å²) in [7, 11) is 1.95. The summed E-state index contributed by atoms with van der Waals surface area (Å²) < 4.78 is 3.18. The van der Waals surface area contributed by atoms with Crippen molar-refractivity contribution in [2.24, 2.45) is 0 Å². The molecule has 5 heteroatoms. The molecule has 0 aliphatic rings. The predicted molar refractivity (Wildman–Crippen MR) is 82.6 cm³/mol.